The van der Waals surface area contributed by atoms with Crippen LogP contribution in [0.25, 0.3) is 0 Å². The van der Waals surface area contributed by atoms with Gasteiger partial charge in [0.05, 0.1) is 6.04 Å². The fourth-order valence-electron chi connectivity index (χ4n) is 3.60. The summed E-state index contributed by atoms with van der Waals surface area (Å²) in [4.78, 5) is 28.6. The van der Waals surface area contributed by atoms with Gasteiger partial charge in [-0.05, 0) is 35.7 Å². The molecule has 1 saturated heterocycles. The lowest BCUT2D eigenvalue weighted by atomic mass is 9.91. The molecule has 2 aromatic carbocycles. The Morgan fingerprint density at radius 3 is 2.84 bits per heavy atom. The summed E-state index contributed by atoms with van der Waals surface area (Å²) in [5.74, 6) is -0.00741. The normalized spacial score (nSPS) is 19.2. The average Bonchev–Trinajstić information content (AvgIpc) is 2.61. The fraction of sp³-hybridized carbons (Fsp3) is 0.263. The van der Waals surface area contributed by atoms with Crippen LogP contribution in [0.15, 0.2) is 48.5 Å². The second-order valence-electron chi connectivity index (χ2n) is 6.37. The lowest BCUT2D eigenvalue weighted by Crippen LogP contribution is -2.56. The molecule has 1 atom stereocenters. The topological polar surface area (TPSA) is 52.7 Å². The quantitative estimate of drug-likeness (QED) is 0.853. The van der Waals surface area contributed by atoms with Crippen LogP contribution in [-0.2, 0) is 11.2 Å². The number of carbonyl (C=O) groups is 2. The highest BCUT2D eigenvalue weighted by Gasteiger charge is 2.38. The molecule has 0 aliphatic carbocycles. The molecule has 0 radical (unpaired) electrons. The van der Waals surface area contributed by atoms with Gasteiger partial charge in [0.2, 0.25) is 5.91 Å². The van der Waals surface area contributed by atoms with Gasteiger partial charge in [0.25, 0.3) is 0 Å². The Kier molecular flexibility index (Phi) is 4.09. The zero-order chi connectivity index (χ0) is 17.4. The molecule has 1 fully saturated rings. The van der Waals surface area contributed by atoms with Gasteiger partial charge < -0.3 is 15.1 Å². The first-order valence-electron chi connectivity index (χ1n) is 8.30. The maximum absolute atomic E-state index is 12.6. The molecule has 0 saturated carbocycles. The minimum Gasteiger partial charge on any atom is -0.332 e. The Balaban J connectivity index is 1.55. The Labute approximate surface area is 151 Å². The van der Waals surface area contributed by atoms with Crippen LogP contribution >= 0.6 is 11.6 Å². The van der Waals surface area contributed by atoms with E-state index in [9.17, 15) is 9.59 Å². The molecule has 0 aromatic heterocycles. The minimum absolute atomic E-state index is 0.00741. The molecule has 2 aromatic rings. The van der Waals surface area contributed by atoms with Crippen molar-refractivity contribution in [1.29, 1.82) is 0 Å². The van der Waals surface area contributed by atoms with Gasteiger partial charge in [0, 0.05) is 23.8 Å². The SMILES string of the molecule is O=C(Nc1cccc(Cl)c1)N1CC(=O)N2CCc3ccccc3C2C1. The summed E-state index contributed by atoms with van der Waals surface area (Å²) in [5.41, 5.74) is 3.02. The molecule has 5 nitrogen and oxygen atoms in total. The number of amides is 3. The molecule has 4 rings (SSSR count). The molecule has 1 unspecified atom stereocenters. The largest absolute Gasteiger partial charge is 0.332 e. The molecular weight excluding hydrogens is 338 g/mol. The van der Waals surface area contributed by atoms with Crippen molar-refractivity contribution in [3.8, 4) is 0 Å². The van der Waals surface area contributed by atoms with Crippen molar-refractivity contribution in [2.45, 2.75) is 12.5 Å². The maximum atomic E-state index is 12.6. The summed E-state index contributed by atoms with van der Waals surface area (Å²) < 4.78 is 0. The molecule has 0 bridgehead atoms. The molecule has 0 spiro atoms. The number of halogens is 1. The summed E-state index contributed by atoms with van der Waals surface area (Å²) in [6.07, 6.45) is 0.868. The average molecular weight is 356 g/mol. The van der Waals surface area contributed by atoms with Crippen molar-refractivity contribution in [1.82, 2.24) is 9.80 Å². The molecule has 3 amide bonds. The molecule has 2 heterocycles. The summed E-state index contributed by atoms with van der Waals surface area (Å²) >= 11 is 5.96. The second-order valence-corrected chi connectivity index (χ2v) is 6.81. The third-order valence-corrected chi connectivity index (χ3v) is 5.05. The number of nitrogens with zero attached hydrogens (tertiary/aromatic N) is 2. The van der Waals surface area contributed by atoms with E-state index in [1.165, 1.54) is 5.56 Å². The van der Waals surface area contributed by atoms with Gasteiger partial charge in [-0.2, -0.15) is 0 Å². The minimum atomic E-state index is -0.279. The number of urea groups is 1. The number of nitrogens with one attached hydrogen (secondary N) is 1. The standard InChI is InChI=1S/C19H18ClN3O2/c20-14-5-3-6-15(10-14)21-19(25)22-11-17-16-7-2-1-4-13(16)8-9-23(17)18(24)12-22/h1-7,10,17H,8-9,11-12H2,(H,21,25). The summed E-state index contributed by atoms with van der Waals surface area (Å²) in [6.45, 7) is 1.31. The van der Waals surface area contributed by atoms with Crippen LogP contribution < -0.4 is 5.32 Å². The highest BCUT2D eigenvalue weighted by molar-refractivity contribution is 6.30. The highest BCUT2D eigenvalue weighted by atomic mass is 35.5. The summed E-state index contributed by atoms with van der Waals surface area (Å²) in [6, 6.07) is 14.8. The van der Waals surface area contributed by atoms with Crippen LogP contribution in [0.1, 0.15) is 17.2 Å². The number of rotatable bonds is 1. The van der Waals surface area contributed by atoms with Crippen molar-refractivity contribution >= 4 is 29.2 Å². The highest BCUT2D eigenvalue weighted by Crippen LogP contribution is 2.33. The molecule has 1 N–H and O–H groups in total. The van der Waals surface area contributed by atoms with Gasteiger partial charge in [0.15, 0.2) is 0 Å². The Hall–Kier alpha value is -2.53. The molecule has 128 valence electrons. The number of piperazine rings is 1. The number of benzene rings is 2. The van der Waals surface area contributed by atoms with Gasteiger partial charge in [-0.25, -0.2) is 4.79 Å². The molecule has 2 aliphatic rings. The van der Waals surface area contributed by atoms with E-state index in [0.29, 0.717) is 23.8 Å². The lowest BCUT2D eigenvalue weighted by Gasteiger charge is -2.44. The van der Waals surface area contributed by atoms with Crippen LogP contribution in [0.4, 0.5) is 10.5 Å². The van der Waals surface area contributed by atoms with E-state index in [2.05, 4.69) is 17.4 Å². The van der Waals surface area contributed by atoms with Gasteiger partial charge in [-0.3, -0.25) is 4.79 Å². The Morgan fingerprint density at radius 2 is 2.00 bits per heavy atom. The van der Waals surface area contributed by atoms with Crippen LogP contribution in [-0.4, -0.2) is 41.4 Å². The number of anilines is 1. The number of hydrogen-bond acceptors (Lipinski definition) is 2. The van der Waals surface area contributed by atoms with E-state index < -0.39 is 0 Å². The Bertz CT molecular complexity index is 839. The van der Waals surface area contributed by atoms with Crippen molar-refractivity contribution < 1.29 is 9.59 Å². The van der Waals surface area contributed by atoms with E-state index in [1.54, 1.807) is 29.2 Å². The molecule has 6 heteroatoms. The number of hydrogen-bond donors (Lipinski definition) is 1. The van der Waals surface area contributed by atoms with E-state index >= 15 is 0 Å². The zero-order valence-electron chi connectivity index (χ0n) is 13.6. The fourth-order valence-corrected chi connectivity index (χ4v) is 3.79. The van der Waals surface area contributed by atoms with Crippen LogP contribution in [0.2, 0.25) is 5.02 Å². The van der Waals surface area contributed by atoms with E-state index in [0.717, 1.165) is 12.0 Å². The van der Waals surface area contributed by atoms with Crippen molar-refractivity contribution in [2.24, 2.45) is 0 Å². The summed E-state index contributed by atoms with van der Waals surface area (Å²) in [5, 5.41) is 3.38. The first-order valence-corrected chi connectivity index (χ1v) is 8.68. The predicted molar refractivity (Wildman–Crippen MR) is 96.6 cm³/mol. The monoisotopic (exact) mass is 355 g/mol. The molecular formula is C19H18ClN3O2. The number of fused-ring (bicyclic) bond motifs is 3. The van der Waals surface area contributed by atoms with E-state index in [-0.39, 0.29) is 24.5 Å². The molecule has 2 aliphatic heterocycles. The molecule has 25 heavy (non-hydrogen) atoms. The zero-order valence-corrected chi connectivity index (χ0v) is 14.4. The van der Waals surface area contributed by atoms with E-state index in [4.69, 9.17) is 11.6 Å². The first-order chi connectivity index (χ1) is 12.1. The van der Waals surface area contributed by atoms with Crippen molar-refractivity contribution in [3.05, 3.63) is 64.7 Å². The van der Waals surface area contributed by atoms with Crippen molar-refractivity contribution in [3.63, 3.8) is 0 Å². The number of carbonyl (C=O) groups excluding carboxylic acids is 2. The Morgan fingerprint density at radius 1 is 1.16 bits per heavy atom. The second kappa shape index (κ2) is 6.41. The van der Waals surface area contributed by atoms with Crippen LogP contribution in [0.3, 0.4) is 0 Å². The predicted octanol–water partition coefficient (Wildman–Crippen LogP) is 3.31. The van der Waals surface area contributed by atoms with E-state index in [1.807, 2.05) is 17.0 Å². The maximum Gasteiger partial charge on any atom is 0.322 e. The first kappa shape index (κ1) is 16.0. The lowest BCUT2D eigenvalue weighted by molar-refractivity contribution is -0.139. The van der Waals surface area contributed by atoms with Gasteiger partial charge in [0.1, 0.15) is 6.54 Å². The van der Waals surface area contributed by atoms with Gasteiger partial charge >= 0.3 is 6.03 Å². The van der Waals surface area contributed by atoms with Crippen LogP contribution in [0, 0.1) is 0 Å². The third kappa shape index (κ3) is 3.07. The van der Waals surface area contributed by atoms with Crippen LogP contribution in [0.5, 0.6) is 0 Å². The van der Waals surface area contributed by atoms with Gasteiger partial charge in [-0.1, -0.05) is 41.9 Å². The smallest absolute Gasteiger partial charge is 0.322 e. The van der Waals surface area contributed by atoms with Gasteiger partial charge in [-0.15, -0.1) is 0 Å². The summed E-state index contributed by atoms with van der Waals surface area (Å²) in [7, 11) is 0. The third-order valence-electron chi connectivity index (χ3n) is 4.82. The van der Waals surface area contributed by atoms with Crippen molar-refractivity contribution in [2.75, 3.05) is 25.0 Å².